The van der Waals surface area contributed by atoms with E-state index in [-0.39, 0.29) is 25.7 Å². The average Bonchev–Trinajstić information content (AvgIpc) is 2.50. The normalized spacial score (nSPS) is 11.6. The minimum absolute atomic E-state index is 0.200. The van der Waals surface area contributed by atoms with Crippen molar-refractivity contribution in [2.75, 3.05) is 33.5 Å². The molecule has 0 amide bonds. The molecule has 0 saturated heterocycles. The van der Waals surface area contributed by atoms with Crippen molar-refractivity contribution in [1.82, 2.24) is 0 Å². The third-order valence-electron chi connectivity index (χ3n) is 3.10. The van der Waals surface area contributed by atoms with Gasteiger partial charge in [-0.15, -0.1) is 0 Å². The number of methoxy groups -OCH3 is 1. The molecule has 1 unspecified atom stereocenters. The molecule has 0 bridgehead atoms. The van der Waals surface area contributed by atoms with Crippen LogP contribution in [0, 0.1) is 5.92 Å². The first-order valence-electron chi connectivity index (χ1n) is 7.71. The summed E-state index contributed by atoms with van der Waals surface area (Å²) in [5, 5.41) is 8.61. The smallest absolute Gasteiger partial charge is 0.438 e. The van der Waals surface area contributed by atoms with Crippen LogP contribution in [-0.4, -0.2) is 51.0 Å². The van der Waals surface area contributed by atoms with Crippen molar-refractivity contribution in [3.8, 4) is 0 Å². The first kappa shape index (κ1) is 20.5. The van der Waals surface area contributed by atoms with Crippen LogP contribution in [0.15, 0.2) is 0 Å². The molecule has 0 aromatic rings. The average molecular weight is 320 g/mol. The number of carbonyl (C=O) groups is 2. The first-order chi connectivity index (χ1) is 10.6. The zero-order valence-corrected chi connectivity index (χ0v) is 13.5. The quantitative estimate of drug-likeness (QED) is 0.436. The van der Waals surface area contributed by atoms with Crippen LogP contribution in [0.5, 0.6) is 0 Å². The molecule has 22 heavy (non-hydrogen) atoms. The van der Waals surface area contributed by atoms with Crippen molar-refractivity contribution in [2.24, 2.45) is 5.92 Å². The van der Waals surface area contributed by atoms with Crippen molar-refractivity contribution in [1.29, 1.82) is 0 Å². The number of hydrogen-bond donors (Lipinski definition) is 1. The fourth-order valence-electron chi connectivity index (χ4n) is 1.65. The van der Waals surface area contributed by atoms with Crippen molar-refractivity contribution in [3.63, 3.8) is 0 Å². The molecule has 0 aliphatic carbocycles. The van der Waals surface area contributed by atoms with Gasteiger partial charge in [0.25, 0.3) is 0 Å². The number of aliphatic hydroxyl groups excluding tert-OH is 1. The Morgan fingerprint density at radius 1 is 0.864 bits per heavy atom. The lowest BCUT2D eigenvalue weighted by Crippen LogP contribution is -2.13. The standard InChI is InChI=1S/C15H28O7/c1-13(7-11-21-14(17)19-2)8-12-22-15(18)20-10-6-4-3-5-9-16/h13,16H,3-12H2,1-2H3. The van der Waals surface area contributed by atoms with Crippen molar-refractivity contribution >= 4 is 12.3 Å². The zero-order chi connectivity index (χ0) is 16.6. The molecule has 0 aliphatic rings. The second kappa shape index (κ2) is 14.4. The van der Waals surface area contributed by atoms with Gasteiger partial charge in [0, 0.05) is 6.61 Å². The summed E-state index contributed by atoms with van der Waals surface area (Å²) in [6.07, 6.45) is 3.42. The van der Waals surface area contributed by atoms with Gasteiger partial charge in [-0.25, -0.2) is 9.59 Å². The van der Waals surface area contributed by atoms with Gasteiger partial charge >= 0.3 is 12.3 Å². The summed E-state index contributed by atoms with van der Waals surface area (Å²) >= 11 is 0. The number of aliphatic hydroxyl groups is 1. The third kappa shape index (κ3) is 13.5. The Morgan fingerprint density at radius 3 is 2.00 bits per heavy atom. The predicted molar refractivity (Wildman–Crippen MR) is 79.6 cm³/mol. The lowest BCUT2D eigenvalue weighted by atomic mass is 10.1. The number of unbranched alkanes of at least 4 members (excludes halogenated alkanes) is 3. The lowest BCUT2D eigenvalue weighted by Gasteiger charge is -2.11. The maximum Gasteiger partial charge on any atom is 0.508 e. The molecule has 1 atom stereocenters. The molecule has 130 valence electrons. The fourth-order valence-corrected chi connectivity index (χ4v) is 1.65. The predicted octanol–water partition coefficient (Wildman–Crippen LogP) is 2.89. The topological polar surface area (TPSA) is 91.3 Å². The van der Waals surface area contributed by atoms with E-state index >= 15 is 0 Å². The van der Waals surface area contributed by atoms with E-state index in [2.05, 4.69) is 4.74 Å². The molecule has 0 aromatic carbocycles. The number of hydrogen-bond acceptors (Lipinski definition) is 7. The van der Waals surface area contributed by atoms with E-state index in [1.807, 2.05) is 6.92 Å². The van der Waals surface area contributed by atoms with E-state index in [1.54, 1.807) is 0 Å². The van der Waals surface area contributed by atoms with Gasteiger partial charge in [-0.1, -0.05) is 13.3 Å². The van der Waals surface area contributed by atoms with Gasteiger partial charge in [0.15, 0.2) is 0 Å². The SMILES string of the molecule is COC(=O)OCCC(C)CCOC(=O)OCCCCCCO. The Bertz CT molecular complexity index is 294. The maximum atomic E-state index is 11.3. The van der Waals surface area contributed by atoms with Gasteiger partial charge < -0.3 is 24.1 Å². The van der Waals surface area contributed by atoms with Crippen molar-refractivity contribution in [3.05, 3.63) is 0 Å². The number of carbonyl (C=O) groups excluding carboxylic acids is 2. The van der Waals surface area contributed by atoms with Crippen LogP contribution < -0.4 is 0 Å². The molecule has 0 heterocycles. The maximum absolute atomic E-state index is 11.3. The van der Waals surface area contributed by atoms with Gasteiger partial charge in [-0.05, 0) is 38.0 Å². The molecule has 0 radical (unpaired) electrons. The first-order valence-corrected chi connectivity index (χ1v) is 7.71. The number of ether oxygens (including phenoxy) is 4. The minimum atomic E-state index is -0.689. The van der Waals surface area contributed by atoms with Crippen LogP contribution >= 0.6 is 0 Å². The summed E-state index contributed by atoms with van der Waals surface area (Å²) in [6.45, 7) is 3.09. The van der Waals surface area contributed by atoms with Crippen LogP contribution in [0.4, 0.5) is 9.59 Å². The highest BCUT2D eigenvalue weighted by Crippen LogP contribution is 2.08. The Hall–Kier alpha value is -1.50. The van der Waals surface area contributed by atoms with E-state index in [0.29, 0.717) is 19.4 Å². The molecule has 0 saturated carbocycles. The molecule has 0 spiro atoms. The molecular weight excluding hydrogens is 292 g/mol. The van der Waals surface area contributed by atoms with Crippen LogP contribution in [0.3, 0.4) is 0 Å². The third-order valence-corrected chi connectivity index (χ3v) is 3.10. The van der Waals surface area contributed by atoms with Crippen LogP contribution in [0.1, 0.15) is 45.4 Å². The summed E-state index contributed by atoms with van der Waals surface area (Å²) in [7, 11) is 1.26. The Balaban J connectivity index is 3.41. The van der Waals surface area contributed by atoms with Crippen LogP contribution in [0.2, 0.25) is 0 Å². The van der Waals surface area contributed by atoms with Crippen molar-refractivity contribution < 1.29 is 33.6 Å². The van der Waals surface area contributed by atoms with E-state index in [4.69, 9.17) is 19.3 Å². The van der Waals surface area contributed by atoms with E-state index in [9.17, 15) is 9.59 Å². The summed E-state index contributed by atoms with van der Waals surface area (Å²) in [5.41, 5.74) is 0. The minimum Gasteiger partial charge on any atom is -0.438 e. The fraction of sp³-hybridized carbons (Fsp3) is 0.867. The molecule has 0 fully saturated rings. The highest BCUT2D eigenvalue weighted by Gasteiger charge is 2.08. The Kier molecular flexibility index (Phi) is 13.5. The largest absolute Gasteiger partial charge is 0.508 e. The Labute approximate surface area is 131 Å². The summed E-state index contributed by atoms with van der Waals surface area (Å²) in [6, 6.07) is 0. The molecule has 7 nitrogen and oxygen atoms in total. The van der Waals surface area contributed by atoms with Crippen LogP contribution in [0.25, 0.3) is 0 Å². The van der Waals surface area contributed by atoms with Crippen molar-refractivity contribution in [2.45, 2.75) is 45.4 Å². The molecule has 0 aliphatic heterocycles. The molecule has 0 rings (SSSR count). The van der Waals surface area contributed by atoms with Crippen LogP contribution in [-0.2, 0) is 18.9 Å². The molecule has 1 N–H and O–H groups in total. The lowest BCUT2D eigenvalue weighted by molar-refractivity contribution is 0.0483. The summed E-state index contributed by atoms with van der Waals surface area (Å²) < 4.78 is 19.0. The molecule has 7 heteroatoms. The van der Waals surface area contributed by atoms with Gasteiger partial charge in [0.1, 0.15) is 0 Å². The van der Waals surface area contributed by atoms with E-state index in [0.717, 1.165) is 25.7 Å². The monoisotopic (exact) mass is 320 g/mol. The van der Waals surface area contributed by atoms with Gasteiger partial charge in [0.2, 0.25) is 0 Å². The molecular formula is C15H28O7. The van der Waals surface area contributed by atoms with E-state index < -0.39 is 12.3 Å². The number of rotatable bonds is 12. The zero-order valence-electron chi connectivity index (χ0n) is 13.5. The second-order valence-corrected chi connectivity index (χ2v) is 5.07. The highest BCUT2D eigenvalue weighted by atomic mass is 16.7. The van der Waals surface area contributed by atoms with E-state index in [1.165, 1.54) is 7.11 Å². The summed E-state index contributed by atoms with van der Waals surface area (Å²) in [4.78, 5) is 22.0. The summed E-state index contributed by atoms with van der Waals surface area (Å²) in [5.74, 6) is 0.260. The van der Waals surface area contributed by atoms with Gasteiger partial charge in [-0.3, -0.25) is 0 Å². The highest BCUT2D eigenvalue weighted by molar-refractivity contribution is 5.59. The Morgan fingerprint density at radius 2 is 1.41 bits per heavy atom. The second-order valence-electron chi connectivity index (χ2n) is 5.07. The van der Waals surface area contributed by atoms with Gasteiger partial charge in [-0.2, -0.15) is 0 Å². The van der Waals surface area contributed by atoms with Gasteiger partial charge in [0.05, 0.1) is 26.9 Å². The molecule has 0 aromatic heterocycles.